The summed E-state index contributed by atoms with van der Waals surface area (Å²) < 4.78 is 5.26. The number of fused-ring (bicyclic) bond motifs is 1. The Bertz CT molecular complexity index is 1320. The zero-order valence-corrected chi connectivity index (χ0v) is 24.3. The maximum atomic E-state index is 14.0. The van der Waals surface area contributed by atoms with Crippen molar-refractivity contribution < 1.29 is 14.7 Å². The van der Waals surface area contributed by atoms with Crippen LogP contribution >= 0.6 is 11.9 Å². The standard InChI is InChI=1S/C31H41N3O3S/c1-30(2,3)33-38-26-17-16-22(21-14-10-11-15-23(21)26)24-18-25(29(36)32-19-31(4,5)37)34(6)27(24)28(35)20-12-8-7-9-13-20/h10-11,14-18,20,33,37H,7-9,12-13,19H2,1-6H3,(H,32,36). The summed E-state index contributed by atoms with van der Waals surface area (Å²) >= 11 is 1.61. The molecule has 0 bridgehead atoms. The molecule has 204 valence electrons. The number of amides is 1. The summed E-state index contributed by atoms with van der Waals surface area (Å²) in [5, 5.41) is 15.1. The molecule has 0 radical (unpaired) electrons. The summed E-state index contributed by atoms with van der Waals surface area (Å²) in [6.07, 6.45) is 5.06. The molecule has 6 nitrogen and oxygen atoms in total. The maximum absolute atomic E-state index is 14.0. The maximum Gasteiger partial charge on any atom is 0.268 e. The molecule has 0 atom stereocenters. The number of benzene rings is 2. The van der Waals surface area contributed by atoms with Crippen molar-refractivity contribution in [2.45, 2.75) is 82.8 Å². The molecule has 1 aromatic heterocycles. The van der Waals surface area contributed by atoms with Crippen LogP contribution in [-0.2, 0) is 7.05 Å². The van der Waals surface area contributed by atoms with Gasteiger partial charge in [-0.05, 0) is 87.9 Å². The zero-order valence-electron chi connectivity index (χ0n) is 23.5. The molecule has 7 heteroatoms. The van der Waals surface area contributed by atoms with Crippen molar-refractivity contribution in [3.8, 4) is 11.1 Å². The van der Waals surface area contributed by atoms with Gasteiger partial charge in [-0.15, -0.1) is 0 Å². The van der Waals surface area contributed by atoms with E-state index in [0.29, 0.717) is 11.4 Å². The largest absolute Gasteiger partial charge is 0.389 e. The highest BCUT2D eigenvalue weighted by Gasteiger charge is 2.30. The van der Waals surface area contributed by atoms with Crippen molar-refractivity contribution in [2.24, 2.45) is 13.0 Å². The summed E-state index contributed by atoms with van der Waals surface area (Å²) in [5.74, 6) is -0.217. The van der Waals surface area contributed by atoms with E-state index in [1.54, 1.807) is 37.4 Å². The quantitative estimate of drug-likeness (QED) is 0.226. The van der Waals surface area contributed by atoms with E-state index in [4.69, 9.17) is 0 Å². The van der Waals surface area contributed by atoms with Gasteiger partial charge in [-0.25, -0.2) is 0 Å². The second-order valence-electron chi connectivity index (χ2n) is 12.2. The number of aromatic nitrogens is 1. The molecule has 1 aliphatic rings. The van der Waals surface area contributed by atoms with Gasteiger partial charge in [0.15, 0.2) is 5.78 Å². The second-order valence-corrected chi connectivity index (χ2v) is 13.0. The number of rotatable bonds is 8. The molecule has 38 heavy (non-hydrogen) atoms. The Labute approximate surface area is 230 Å². The van der Waals surface area contributed by atoms with E-state index < -0.39 is 5.60 Å². The molecule has 0 saturated heterocycles. The zero-order chi connectivity index (χ0) is 27.7. The van der Waals surface area contributed by atoms with E-state index in [0.717, 1.165) is 52.5 Å². The predicted octanol–water partition coefficient (Wildman–Crippen LogP) is 6.50. The Kier molecular flexibility index (Phi) is 8.40. The van der Waals surface area contributed by atoms with Gasteiger partial charge in [0.2, 0.25) is 0 Å². The molecule has 1 aliphatic carbocycles. The van der Waals surface area contributed by atoms with Gasteiger partial charge in [0.1, 0.15) is 5.69 Å². The van der Waals surface area contributed by atoms with Gasteiger partial charge in [-0.3, -0.25) is 14.3 Å². The smallest absolute Gasteiger partial charge is 0.268 e. The van der Waals surface area contributed by atoms with E-state index >= 15 is 0 Å². The first kappa shape index (κ1) is 28.4. The first-order valence-corrected chi connectivity index (χ1v) is 14.4. The molecule has 3 N–H and O–H groups in total. The van der Waals surface area contributed by atoms with Crippen LogP contribution in [0.15, 0.2) is 47.4 Å². The average molecular weight is 536 g/mol. The third kappa shape index (κ3) is 6.50. The van der Waals surface area contributed by atoms with Crippen molar-refractivity contribution in [3.05, 3.63) is 53.9 Å². The molecule has 3 aromatic rings. The summed E-state index contributed by atoms with van der Waals surface area (Å²) in [7, 11) is 1.80. The molecule has 2 aromatic carbocycles. The van der Waals surface area contributed by atoms with Crippen LogP contribution in [-0.4, -0.2) is 39.0 Å². The van der Waals surface area contributed by atoms with Crippen molar-refractivity contribution in [1.29, 1.82) is 0 Å². The van der Waals surface area contributed by atoms with Crippen molar-refractivity contribution in [3.63, 3.8) is 0 Å². The van der Waals surface area contributed by atoms with E-state index in [2.05, 4.69) is 55.1 Å². The highest BCUT2D eigenvalue weighted by atomic mass is 32.2. The lowest BCUT2D eigenvalue weighted by molar-refractivity contribution is 0.0689. The lowest BCUT2D eigenvalue weighted by Gasteiger charge is -2.22. The first-order valence-electron chi connectivity index (χ1n) is 13.6. The highest BCUT2D eigenvalue weighted by molar-refractivity contribution is 7.97. The van der Waals surface area contributed by atoms with Crippen LogP contribution in [0.5, 0.6) is 0 Å². The van der Waals surface area contributed by atoms with Crippen molar-refractivity contribution in [1.82, 2.24) is 14.6 Å². The van der Waals surface area contributed by atoms with E-state index in [1.165, 1.54) is 6.42 Å². The Morgan fingerprint density at radius 1 is 0.974 bits per heavy atom. The molecule has 0 aliphatic heterocycles. The third-order valence-corrected chi connectivity index (χ3v) is 8.29. The Hall–Kier alpha value is -2.61. The van der Waals surface area contributed by atoms with Crippen LogP contribution in [0.25, 0.3) is 21.9 Å². The molecule has 1 heterocycles. The van der Waals surface area contributed by atoms with Crippen LogP contribution < -0.4 is 10.0 Å². The van der Waals surface area contributed by atoms with Gasteiger partial charge < -0.3 is 15.0 Å². The van der Waals surface area contributed by atoms with Crippen LogP contribution in [0.3, 0.4) is 0 Å². The summed E-state index contributed by atoms with van der Waals surface area (Å²) in [5.41, 5.74) is 1.65. The first-order chi connectivity index (χ1) is 17.9. The monoisotopic (exact) mass is 535 g/mol. The van der Waals surface area contributed by atoms with Crippen LogP contribution in [0.4, 0.5) is 0 Å². The van der Waals surface area contributed by atoms with E-state index in [1.807, 2.05) is 18.2 Å². The number of hydrogen-bond acceptors (Lipinski definition) is 5. The highest BCUT2D eigenvalue weighted by Crippen LogP contribution is 2.39. The topological polar surface area (TPSA) is 83.4 Å². The number of Topliss-reactive ketones (excluding diaryl/α,β-unsaturated/α-hetero) is 1. The third-order valence-electron chi connectivity index (χ3n) is 7.00. The van der Waals surface area contributed by atoms with E-state index in [9.17, 15) is 14.7 Å². The fraction of sp³-hybridized carbons (Fsp3) is 0.484. The number of nitrogens with one attached hydrogen (secondary N) is 2. The van der Waals surface area contributed by atoms with Gasteiger partial charge in [-0.2, -0.15) is 0 Å². The number of hydrogen-bond donors (Lipinski definition) is 3. The van der Waals surface area contributed by atoms with Crippen LogP contribution in [0, 0.1) is 5.92 Å². The van der Waals surface area contributed by atoms with Crippen LogP contribution in [0.1, 0.15) is 87.7 Å². The molecule has 1 amide bonds. The molecular weight excluding hydrogens is 494 g/mol. The average Bonchev–Trinajstić information content (AvgIpc) is 3.21. The number of nitrogens with zero attached hydrogens (tertiary/aromatic N) is 1. The van der Waals surface area contributed by atoms with Crippen molar-refractivity contribution >= 4 is 34.4 Å². The number of carbonyl (C=O) groups is 2. The molecular formula is C31H41N3O3S. The summed E-state index contributed by atoms with van der Waals surface area (Å²) in [4.78, 5) is 28.3. The Morgan fingerprint density at radius 3 is 2.26 bits per heavy atom. The molecule has 1 fully saturated rings. The number of aliphatic hydroxyl groups is 1. The Balaban J connectivity index is 1.84. The fourth-order valence-corrected chi connectivity index (χ4v) is 5.91. The Morgan fingerprint density at radius 2 is 1.63 bits per heavy atom. The lowest BCUT2D eigenvalue weighted by atomic mass is 9.84. The molecule has 0 unspecified atom stereocenters. The molecule has 0 spiro atoms. The minimum absolute atomic E-state index is 0.0273. The van der Waals surface area contributed by atoms with Crippen molar-refractivity contribution in [2.75, 3.05) is 6.54 Å². The van der Waals surface area contributed by atoms with Gasteiger partial charge >= 0.3 is 0 Å². The molecule has 1 saturated carbocycles. The minimum atomic E-state index is -1.03. The minimum Gasteiger partial charge on any atom is -0.389 e. The van der Waals surface area contributed by atoms with Crippen LogP contribution in [0.2, 0.25) is 0 Å². The molecule has 4 rings (SSSR count). The normalized spacial score (nSPS) is 15.1. The van der Waals surface area contributed by atoms with E-state index in [-0.39, 0.29) is 29.7 Å². The fourth-order valence-electron chi connectivity index (χ4n) is 5.07. The SMILES string of the molecule is Cn1c(C(=O)NCC(C)(C)O)cc(-c2ccc(SNC(C)(C)C)c3ccccc23)c1C(=O)C1CCCCC1. The predicted molar refractivity (Wildman–Crippen MR) is 157 cm³/mol. The lowest BCUT2D eigenvalue weighted by Crippen LogP contribution is -2.38. The second kappa shape index (κ2) is 11.2. The summed E-state index contributed by atoms with van der Waals surface area (Å²) in [6.45, 7) is 9.83. The number of carbonyl (C=O) groups excluding carboxylic acids is 2. The van der Waals surface area contributed by atoms with Gasteiger partial charge in [0.05, 0.1) is 11.3 Å². The van der Waals surface area contributed by atoms with Gasteiger partial charge in [0.25, 0.3) is 5.91 Å². The van der Waals surface area contributed by atoms with Gasteiger partial charge in [0, 0.05) is 35.5 Å². The number of ketones is 1. The summed E-state index contributed by atoms with van der Waals surface area (Å²) in [6, 6.07) is 14.2. The van der Waals surface area contributed by atoms with Gasteiger partial charge in [-0.1, -0.05) is 49.6 Å².